The lowest BCUT2D eigenvalue weighted by atomic mass is 10.3. The number of furan rings is 1. The van der Waals surface area contributed by atoms with Crippen molar-refractivity contribution in [3.63, 3.8) is 0 Å². The number of ether oxygens (including phenoxy) is 1. The molecular weight excluding hydrogens is 266 g/mol. The van der Waals surface area contributed by atoms with Crippen molar-refractivity contribution in [1.82, 2.24) is 10.4 Å². The summed E-state index contributed by atoms with van der Waals surface area (Å²) in [5, 5.41) is 0. The Bertz CT molecular complexity index is 550. The molecule has 0 saturated carbocycles. The molecule has 19 heavy (non-hydrogen) atoms. The highest BCUT2D eigenvalue weighted by molar-refractivity contribution is 7.09. The molecule has 0 aliphatic heterocycles. The number of carbonyl (C=O) groups excluding carboxylic acids is 1. The van der Waals surface area contributed by atoms with Crippen LogP contribution in [0.2, 0.25) is 0 Å². The zero-order valence-electron chi connectivity index (χ0n) is 10.5. The molecule has 102 valence electrons. The van der Waals surface area contributed by atoms with Gasteiger partial charge in [0.15, 0.2) is 0 Å². The molecule has 0 unspecified atom stereocenters. The first-order valence-electron chi connectivity index (χ1n) is 5.75. The van der Waals surface area contributed by atoms with Crippen molar-refractivity contribution < 1.29 is 13.9 Å². The van der Waals surface area contributed by atoms with E-state index in [9.17, 15) is 4.79 Å². The molecule has 0 aromatic carbocycles. The Hall–Kier alpha value is -1.70. The number of nitrogens with two attached hydrogens (primary N) is 1. The maximum Gasteiger partial charge on any atom is 0.268 e. The summed E-state index contributed by atoms with van der Waals surface area (Å²) < 4.78 is 10.7. The zero-order valence-corrected chi connectivity index (χ0v) is 11.3. The molecule has 2 heterocycles. The molecule has 0 aliphatic carbocycles. The third kappa shape index (κ3) is 3.63. The number of carbonyl (C=O) groups is 1. The van der Waals surface area contributed by atoms with E-state index in [0.717, 1.165) is 12.1 Å². The first-order chi connectivity index (χ1) is 9.20. The molecule has 0 radical (unpaired) electrons. The van der Waals surface area contributed by atoms with Gasteiger partial charge in [-0.15, -0.1) is 11.3 Å². The summed E-state index contributed by atoms with van der Waals surface area (Å²) in [6, 6.07) is 1.61. The average Bonchev–Trinajstić information content (AvgIpc) is 3.03. The summed E-state index contributed by atoms with van der Waals surface area (Å²) in [5.41, 5.74) is 5.31. The SMILES string of the molecule is Cc1ncsc1CCOCc1cc(C(=O)NN)co1. The second-order valence-corrected chi connectivity index (χ2v) is 4.88. The highest BCUT2D eigenvalue weighted by Gasteiger charge is 2.08. The van der Waals surface area contributed by atoms with Crippen molar-refractivity contribution in [2.24, 2.45) is 5.84 Å². The van der Waals surface area contributed by atoms with E-state index in [2.05, 4.69) is 4.98 Å². The number of aromatic nitrogens is 1. The third-order valence-electron chi connectivity index (χ3n) is 2.61. The molecule has 0 aliphatic rings. The van der Waals surface area contributed by atoms with Crippen molar-refractivity contribution >= 4 is 17.2 Å². The molecule has 0 atom stereocenters. The monoisotopic (exact) mass is 281 g/mol. The van der Waals surface area contributed by atoms with E-state index >= 15 is 0 Å². The molecule has 0 bridgehead atoms. The Kier molecular flexibility index (Phi) is 4.67. The van der Waals surface area contributed by atoms with Crippen molar-refractivity contribution in [3.8, 4) is 0 Å². The first-order valence-corrected chi connectivity index (χ1v) is 6.63. The number of aryl methyl sites for hydroxylation is 1. The first kappa shape index (κ1) is 13.7. The molecule has 1 amide bonds. The summed E-state index contributed by atoms with van der Waals surface area (Å²) in [5.74, 6) is 5.24. The van der Waals surface area contributed by atoms with Gasteiger partial charge in [0.05, 0.1) is 23.4 Å². The van der Waals surface area contributed by atoms with E-state index in [1.165, 1.54) is 11.1 Å². The van der Waals surface area contributed by atoms with Crippen LogP contribution < -0.4 is 11.3 Å². The topological polar surface area (TPSA) is 90.4 Å². The molecule has 3 N–H and O–H groups in total. The lowest BCUT2D eigenvalue weighted by Gasteiger charge is -2.01. The maximum atomic E-state index is 11.2. The number of hydrogen-bond donors (Lipinski definition) is 2. The summed E-state index contributed by atoms with van der Waals surface area (Å²) in [6.07, 6.45) is 2.18. The number of hydrazine groups is 1. The Balaban J connectivity index is 1.75. The number of thiazole rings is 1. The molecule has 0 fully saturated rings. The van der Waals surface area contributed by atoms with E-state index in [1.807, 2.05) is 17.9 Å². The van der Waals surface area contributed by atoms with Crippen LogP contribution in [0, 0.1) is 6.92 Å². The van der Waals surface area contributed by atoms with E-state index in [4.69, 9.17) is 15.0 Å². The number of nitrogen functional groups attached to an aromatic ring is 1. The number of hydrogen-bond acceptors (Lipinski definition) is 6. The number of rotatable bonds is 6. The van der Waals surface area contributed by atoms with Crippen molar-refractivity contribution in [1.29, 1.82) is 0 Å². The predicted octanol–water partition coefficient (Wildman–Crippen LogP) is 1.41. The smallest absolute Gasteiger partial charge is 0.268 e. The van der Waals surface area contributed by atoms with Crippen molar-refractivity contribution in [2.75, 3.05) is 6.61 Å². The van der Waals surface area contributed by atoms with E-state index < -0.39 is 0 Å². The van der Waals surface area contributed by atoms with Gasteiger partial charge >= 0.3 is 0 Å². The van der Waals surface area contributed by atoms with Gasteiger partial charge in [-0.25, -0.2) is 10.8 Å². The Morgan fingerprint density at radius 2 is 2.47 bits per heavy atom. The highest BCUT2D eigenvalue weighted by Crippen LogP contribution is 2.13. The van der Waals surface area contributed by atoms with Crippen LogP contribution in [-0.2, 0) is 17.8 Å². The van der Waals surface area contributed by atoms with E-state index in [1.54, 1.807) is 17.4 Å². The highest BCUT2D eigenvalue weighted by atomic mass is 32.1. The van der Waals surface area contributed by atoms with Crippen LogP contribution in [0.25, 0.3) is 0 Å². The number of nitrogens with zero attached hydrogens (tertiary/aromatic N) is 1. The normalized spacial score (nSPS) is 10.6. The molecular formula is C12H15N3O3S. The minimum Gasteiger partial charge on any atom is -0.466 e. The Morgan fingerprint density at radius 1 is 1.63 bits per heavy atom. The van der Waals surface area contributed by atoms with Crippen LogP contribution >= 0.6 is 11.3 Å². The van der Waals surface area contributed by atoms with Crippen LogP contribution in [-0.4, -0.2) is 17.5 Å². The standard InChI is InChI=1S/C12H15N3O3S/c1-8-11(19-7-14-8)2-3-17-6-10-4-9(5-18-10)12(16)15-13/h4-5,7H,2-3,6,13H2,1H3,(H,15,16). The van der Waals surface area contributed by atoms with Gasteiger partial charge in [-0.3, -0.25) is 10.2 Å². The Morgan fingerprint density at radius 3 is 3.16 bits per heavy atom. The molecule has 2 aromatic rings. The fraction of sp³-hybridized carbons (Fsp3) is 0.333. The van der Waals surface area contributed by atoms with Crippen LogP contribution in [0.1, 0.15) is 26.7 Å². The Labute approximate surface area is 114 Å². The van der Waals surface area contributed by atoms with E-state index in [-0.39, 0.29) is 5.91 Å². The molecule has 7 heteroatoms. The summed E-state index contributed by atoms with van der Waals surface area (Å²) >= 11 is 1.63. The summed E-state index contributed by atoms with van der Waals surface area (Å²) in [6.45, 7) is 2.90. The number of amides is 1. The molecule has 2 aromatic heterocycles. The minimum atomic E-state index is -0.379. The summed E-state index contributed by atoms with van der Waals surface area (Å²) in [4.78, 5) is 16.6. The lowest BCUT2D eigenvalue weighted by Crippen LogP contribution is -2.29. The van der Waals surface area contributed by atoms with E-state index in [0.29, 0.717) is 24.5 Å². The van der Waals surface area contributed by atoms with Crippen LogP contribution in [0.4, 0.5) is 0 Å². The predicted molar refractivity (Wildman–Crippen MR) is 70.6 cm³/mol. The molecule has 6 nitrogen and oxygen atoms in total. The molecule has 0 spiro atoms. The zero-order chi connectivity index (χ0) is 13.7. The van der Waals surface area contributed by atoms with Crippen LogP contribution in [0.3, 0.4) is 0 Å². The van der Waals surface area contributed by atoms with Crippen LogP contribution in [0.5, 0.6) is 0 Å². The van der Waals surface area contributed by atoms with Gasteiger partial charge in [0, 0.05) is 11.3 Å². The quantitative estimate of drug-likeness (QED) is 0.361. The lowest BCUT2D eigenvalue weighted by molar-refractivity contribution is 0.0953. The van der Waals surface area contributed by atoms with Gasteiger partial charge < -0.3 is 9.15 Å². The van der Waals surface area contributed by atoms with Crippen molar-refractivity contribution in [2.45, 2.75) is 20.0 Å². The fourth-order valence-electron chi connectivity index (χ4n) is 1.56. The summed E-state index contributed by atoms with van der Waals surface area (Å²) in [7, 11) is 0. The van der Waals surface area contributed by atoms with Gasteiger partial charge in [0.2, 0.25) is 0 Å². The molecule has 0 saturated heterocycles. The van der Waals surface area contributed by atoms with Gasteiger partial charge in [0.25, 0.3) is 5.91 Å². The third-order valence-corrected chi connectivity index (χ3v) is 3.60. The maximum absolute atomic E-state index is 11.2. The number of nitrogens with one attached hydrogen (secondary N) is 1. The fourth-order valence-corrected chi connectivity index (χ4v) is 2.33. The van der Waals surface area contributed by atoms with Gasteiger partial charge in [-0.2, -0.15) is 0 Å². The average molecular weight is 281 g/mol. The van der Waals surface area contributed by atoms with Crippen LogP contribution in [0.15, 0.2) is 22.3 Å². The van der Waals surface area contributed by atoms with Crippen molar-refractivity contribution in [3.05, 3.63) is 39.7 Å². The second kappa shape index (κ2) is 6.46. The van der Waals surface area contributed by atoms with Gasteiger partial charge in [-0.1, -0.05) is 0 Å². The molecule has 2 rings (SSSR count). The van der Waals surface area contributed by atoms with Gasteiger partial charge in [-0.05, 0) is 13.0 Å². The second-order valence-electron chi connectivity index (χ2n) is 3.94. The largest absolute Gasteiger partial charge is 0.466 e. The van der Waals surface area contributed by atoms with Gasteiger partial charge in [0.1, 0.15) is 18.6 Å². The minimum absolute atomic E-state index is 0.329.